The smallest absolute Gasteiger partial charge is 0.339 e. The lowest BCUT2D eigenvalue weighted by atomic mass is 9.83. The van der Waals surface area contributed by atoms with Crippen molar-refractivity contribution in [2.75, 3.05) is 18.5 Å². The van der Waals surface area contributed by atoms with Crippen LogP contribution in [0, 0.1) is 5.92 Å². The van der Waals surface area contributed by atoms with Crippen LogP contribution in [0.4, 0.5) is 0 Å². The molecule has 0 saturated carbocycles. The molecule has 7 nitrogen and oxygen atoms in total. The molecule has 1 unspecified atom stereocenters. The van der Waals surface area contributed by atoms with Gasteiger partial charge in [-0.2, -0.15) is 0 Å². The Bertz CT molecular complexity index is 747. The van der Waals surface area contributed by atoms with E-state index in [4.69, 9.17) is 28.4 Å². The van der Waals surface area contributed by atoms with Crippen LogP contribution in [0.5, 0.6) is 0 Å². The second kappa shape index (κ2) is 13.2. The molecule has 4 aliphatic rings. The van der Waals surface area contributed by atoms with Crippen LogP contribution >= 0.6 is 15.9 Å². The number of alkyl halides is 1. The van der Waals surface area contributed by atoms with Crippen molar-refractivity contribution in [3.63, 3.8) is 0 Å². The van der Waals surface area contributed by atoms with Gasteiger partial charge in [0.05, 0.1) is 19.1 Å². The van der Waals surface area contributed by atoms with E-state index in [9.17, 15) is 4.79 Å². The molecular weight excluding hydrogens is 540 g/mol. The molecule has 4 rings (SSSR count). The highest BCUT2D eigenvalue weighted by atomic mass is 79.9. The zero-order chi connectivity index (χ0) is 26.4. The monoisotopic (exact) mass is 586 g/mol. The minimum atomic E-state index is -1.02. The molecule has 8 heteroatoms. The third-order valence-electron chi connectivity index (χ3n) is 8.16. The Kier molecular flexibility index (Phi) is 10.5. The number of hydrogen-bond donors (Lipinski definition) is 0. The molecule has 0 amide bonds. The van der Waals surface area contributed by atoms with E-state index < -0.39 is 17.7 Å². The molecule has 4 saturated heterocycles. The number of esters is 1. The number of unbranched alkanes of at least 4 members (excludes halogenated alkanes) is 8. The van der Waals surface area contributed by atoms with Gasteiger partial charge >= 0.3 is 5.97 Å². The molecule has 4 heterocycles. The van der Waals surface area contributed by atoms with Crippen molar-refractivity contribution >= 4 is 21.9 Å². The highest BCUT2D eigenvalue weighted by Crippen LogP contribution is 2.50. The molecule has 0 N–H and O–H groups in total. The minimum Gasteiger partial charge on any atom is -0.459 e. The van der Waals surface area contributed by atoms with Crippen LogP contribution in [-0.2, 0) is 33.2 Å². The summed E-state index contributed by atoms with van der Waals surface area (Å²) >= 11 is 3.51. The average molecular weight is 588 g/mol. The predicted octanol–water partition coefficient (Wildman–Crippen LogP) is 6.56. The van der Waals surface area contributed by atoms with E-state index in [0.717, 1.165) is 45.3 Å². The Morgan fingerprint density at radius 2 is 1.59 bits per heavy atom. The Hall–Kier alpha value is -0.510. The molecule has 0 aromatic carbocycles. The van der Waals surface area contributed by atoms with Crippen LogP contribution in [0.15, 0.2) is 12.2 Å². The zero-order valence-corrected chi connectivity index (χ0v) is 24.6. The fourth-order valence-corrected chi connectivity index (χ4v) is 6.79. The molecule has 212 valence electrons. The Morgan fingerprint density at radius 3 is 2.24 bits per heavy atom. The van der Waals surface area contributed by atoms with E-state index in [1.54, 1.807) is 0 Å². The normalized spacial score (nSPS) is 34.1. The Balaban J connectivity index is 1.18. The highest BCUT2D eigenvalue weighted by Gasteiger charge is 2.66. The van der Waals surface area contributed by atoms with Gasteiger partial charge in [-0.3, -0.25) is 0 Å². The second-order valence-corrected chi connectivity index (χ2v) is 12.2. The molecule has 0 bridgehead atoms. The summed E-state index contributed by atoms with van der Waals surface area (Å²) in [6, 6.07) is 0. The Labute approximate surface area is 231 Å². The molecule has 4 fully saturated rings. The van der Waals surface area contributed by atoms with Crippen molar-refractivity contribution in [2.24, 2.45) is 5.92 Å². The molecule has 1 spiro atoms. The third kappa shape index (κ3) is 7.17. The lowest BCUT2D eigenvalue weighted by Crippen LogP contribution is -2.43. The number of cyclic esters (lactones) is 1. The highest BCUT2D eigenvalue weighted by molar-refractivity contribution is 9.09. The van der Waals surface area contributed by atoms with E-state index in [2.05, 4.69) is 35.0 Å². The first kappa shape index (κ1) is 29.5. The largest absolute Gasteiger partial charge is 0.459 e. The first-order valence-corrected chi connectivity index (χ1v) is 15.7. The van der Waals surface area contributed by atoms with Crippen LogP contribution in [0.1, 0.15) is 104 Å². The fraction of sp³-hybridized carbons (Fsp3) is 0.897. The van der Waals surface area contributed by atoms with Crippen molar-refractivity contribution in [1.29, 1.82) is 0 Å². The summed E-state index contributed by atoms with van der Waals surface area (Å²) in [5.74, 6) is -1.48. The van der Waals surface area contributed by atoms with Crippen molar-refractivity contribution in [1.82, 2.24) is 0 Å². The van der Waals surface area contributed by atoms with Crippen LogP contribution in [0.25, 0.3) is 0 Å². The SMILES string of the molecule is CCCCCCCC1(CCCCCC/C=C/[C@@H]2C(CBr)OC(=O)[C@]23C[C@H]2OC(C)(C)O[C@H]2O3)OCCO1. The minimum absolute atomic E-state index is 0.158. The second-order valence-electron chi connectivity index (χ2n) is 11.5. The van der Waals surface area contributed by atoms with Gasteiger partial charge in [0.1, 0.15) is 12.2 Å². The quantitative estimate of drug-likeness (QED) is 0.0930. The lowest BCUT2D eigenvalue weighted by molar-refractivity contribution is -0.227. The van der Waals surface area contributed by atoms with Crippen molar-refractivity contribution in [3.05, 3.63) is 12.2 Å². The summed E-state index contributed by atoms with van der Waals surface area (Å²) in [6.45, 7) is 7.45. The van der Waals surface area contributed by atoms with Gasteiger partial charge in [-0.1, -0.05) is 73.5 Å². The van der Waals surface area contributed by atoms with E-state index in [1.165, 1.54) is 44.9 Å². The standard InChI is InChI=1S/C29H47BrO7/c1-4-5-6-10-13-16-28(32-18-19-33-28)17-14-11-8-7-9-12-15-22-24(21-30)34-26(31)29(22)20-23-25(37-29)36-27(2,3)35-23/h12,15,22-25H,4-11,13-14,16-21H2,1-3H3/b15-12+/t22-,23-,24?,25+,29+/m1/s1. The number of allylic oxidation sites excluding steroid dienone is 1. The number of fused-ring (bicyclic) bond motifs is 1. The molecule has 0 aromatic rings. The van der Waals surface area contributed by atoms with E-state index in [-0.39, 0.29) is 29.9 Å². The first-order valence-electron chi connectivity index (χ1n) is 14.6. The van der Waals surface area contributed by atoms with Crippen LogP contribution in [0.3, 0.4) is 0 Å². The average Bonchev–Trinajstić information content (AvgIpc) is 3.58. The van der Waals surface area contributed by atoms with Crippen molar-refractivity contribution < 1.29 is 33.2 Å². The number of carbonyl (C=O) groups excluding carboxylic acids is 1. The summed E-state index contributed by atoms with van der Waals surface area (Å²) < 4.78 is 35.9. The molecular formula is C29H47BrO7. The molecule has 0 aromatic heterocycles. The first-order chi connectivity index (χ1) is 17.8. The van der Waals surface area contributed by atoms with Crippen LogP contribution in [-0.4, -0.2) is 60.2 Å². The molecule has 37 heavy (non-hydrogen) atoms. The summed E-state index contributed by atoms with van der Waals surface area (Å²) in [5, 5.41) is 0.575. The topological polar surface area (TPSA) is 72.5 Å². The van der Waals surface area contributed by atoms with Gasteiger partial charge in [-0.05, 0) is 39.5 Å². The Morgan fingerprint density at radius 1 is 0.919 bits per heavy atom. The van der Waals surface area contributed by atoms with Gasteiger partial charge in [-0.25, -0.2) is 4.79 Å². The maximum Gasteiger partial charge on any atom is 0.339 e. The van der Waals surface area contributed by atoms with Gasteiger partial charge in [0.25, 0.3) is 0 Å². The lowest BCUT2D eigenvalue weighted by Gasteiger charge is -2.28. The zero-order valence-electron chi connectivity index (χ0n) is 23.0. The van der Waals surface area contributed by atoms with Gasteiger partial charge in [0.15, 0.2) is 23.5 Å². The summed E-state index contributed by atoms with van der Waals surface area (Å²) in [6.07, 6.45) is 17.7. The van der Waals surface area contributed by atoms with Crippen LogP contribution in [0.2, 0.25) is 0 Å². The maximum atomic E-state index is 12.9. The maximum absolute atomic E-state index is 12.9. The number of ether oxygens (including phenoxy) is 6. The van der Waals surface area contributed by atoms with Gasteiger partial charge in [-0.15, -0.1) is 0 Å². The van der Waals surface area contributed by atoms with E-state index in [0.29, 0.717) is 11.8 Å². The van der Waals surface area contributed by atoms with Crippen molar-refractivity contribution in [3.8, 4) is 0 Å². The number of hydrogen-bond acceptors (Lipinski definition) is 7. The number of carbonyl (C=O) groups is 1. The van der Waals surface area contributed by atoms with Crippen LogP contribution < -0.4 is 0 Å². The third-order valence-corrected chi connectivity index (χ3v) is 8.80. The molecule has 4 aliphatic heterocycles. The van der Waals surface area contributed by atoms with Gasteiger partial charge in [0, 0.05) is 24.6 Å². The summed E-state index contributed by atoms with van der Waals surface area (Å²) in [5.41, 5.74) is -1.02. The molecule has 0 aliphatic carbocycles. The van der Waals surface area contributed by atoms with E-state index >= 15 is 0 Å². The fourth-order valence-electron chi connectivity index (χ4n) is 6.26. The van der Waals surface area contributed by atoms with Gasteiger partial charge < -0.3 is 28.4 Å². The molecule has 5 atom stereocenters. The van der Waals surface area contributed by atoms with Gasteiger partial charge in [0.2, 0.25) is 0 Å². The van der Waals surface area contributed by atoms with E-state index in [1.807, 2.05) is 13.8 Å². The number of halogens is 1. The number of rotatable bonds is 15. The predicted molar refractivity (Wildman–Crippen MR) is 144 cm³/mol. The summed E-state index contributed by atoms with van der Waals surface area (Å²) in [7, 11) is 0. The molecule has 0 radical (unpaired) electrons. The summed E-state index contributed by atoms with van der Waals surface area (Å²) in [4.78, 5) is 12.9. The van der Waals surface area contributed by atoms with Crippen molar-refractivity contribution in [2.45, 2.75) is 140 Å².